The van der Waals surface area contributed by atoms with Gasteiger partial charge in [-0.15, -0.1) is 0 Å². The van der Waals surface area contributed by atoms with E-state index < -0.39 is 28.9 Å². The molecule has 1 rings (SSSR count). The van der Waals surface area contributed by atoms with Crippen molar-refractivity contribution in [3.63, 3.8) is 0 Å². The third kappa shape index (κ3) is 1.26. The van der Waals surface area contributed by atoms with Crippen molar-refractivity contribution in [3.8, 4) is 5.75 Å². The fraction of sp³-hybridized carbons (Fsp3) is 0. The molecule has 0 bridgehead atoms. The maximum absolute atomic E-state index is 12.8. The van der Waals surface area contributed by atoms with Gasteiger partial charge in [0, 0.05) is 0 Å². The molecule has 0 fully saturated rings. The molecule has 0 saturated heterocycles. The summed E-state index contributed by atoms with van der Waals surface area (Å²) in [4.78, 5) is 10.5. The van der Waals surface area contributed by atoms with Gasteiger partial charge in [-0.05, 0) is 12.1 Å². The first-order valence-corrected chi connectivity index (χ1v) is 3.07. The Balaban J connectivity index is 3.43. The number of aromatic hydroxyl groups is 1. The molecule has 0 radical (unpaired) electrons. The lowest BCUT2D eigenvalue weighted by molar-refractivity contribution is -0.255. The highest BCUT2D eigenvalue weighted by Gasteiger charge is 2.20. The SMILES string of the molecule is [NH3+]C(=O)c1c(F)ccc(O)c1F. The van der Waals surface area contributed by atoms with Crippen molar-refractivity contribution in [3.05, 3.63) is 29.3 Å². The topological polar surface area (TPSA) is 64.9 Å². The molecule has 0 aliphatic carbocycles. The Morgan fingerprint density at radius 3 is 2.42 bits per heavy atom. The highest BCUT2D eigenvalue weighted by atomic mass is 19.1. The monoisotopic (exact) mass is 174 g/mol. The summed E-state index contributed by atoms with van der Waals surface area (Å²) < 4.78 is 25.4. The van der Waals surface area contributed by atoms with Gasteiger partial charge in [0.2, 0.25) is 0 Å². The molecule has 5 heteroatoms. The van der Waals surface area contributed by atoms with Gasteiger partial charge < -0.3 is 5.11 Å². The number of hydrogen-bond acceptors (Lipinski definition) is 2. The van der Waals surface area contributed by atoms with Crippen molar-refractivity contribution in [1.82, 2.24) is 0 Å². The second-order valence-corrected chi connectivity index (χ2v) is 2.18. The molecule has 4 N–H and O–H groups in total. The normalized spacial score (nSPS) is 9.92. The smallest absolute Gasteiger partial charge is 0.347 e. The zero-order chi connectivity index (χ0) is 9.30. The second kappa shape index (κ2) is 2.86. The minimum atomic E-state index is -1.27. The number of phenols is 1. The molecule has 3 nitrogen and oxygen atoms in total. The molecule has 0 saturated carbocycles. The van der Waals surface area contributed by atoms with Crippen molar-refractivity contribution in [2.24, 2.45) is 0 Å². The molecule has 0 aliphatic rings. The Labute approximate surface area is 66.4 Å². The van der Waals surface area contributed by atoms with Gasteiger partial charge in [0.15, 0.2) is 17.1 Å². The van der Waals surface area contributed by atoms with Crippen LogP contribution in [-0.2, 0) is 0 Å². The number of amides is 1. The third-order valence-corrected chi connectivity index (χ3v) is 1.35. The van der Waals surface area contributed by atoms with Gasteiger partial charge in [-0.25, -0.2) is 13.6 Å². The first kappa shape index (κ1) is 8.61. The first-order valence-electron chi connectivity index (χ1n) is 3.07. The lowest BCUT2D eigenvalue weighted by Crippen LogP contribution is -2.57. The average molecular weight is 174 g/mol. The standard InChI is InChI=1S/C7H5F2NO2/c8-3-1-2-4(11)6(9)5(3)7(10)12/h1-2,11H,(H2,10,12)/p+1. The van der Waals surface area contributed by atoms with E-state index in [9.17, 15) is 13.6 Å². The Morgan fingerprint density at radius 2 is 2.00 bits per heavy atom. The molecular weight excluding hydrogens is 168 g/mol. The average Bonchev–Trinajstić information content (AvgIpc) is 1.97. The van der Waals surface area contributed by atoms with E-state index in [-0.39, 0.29) is 0 Å². The molecule has 0 spiro atoms. The molecule has 0 atom stereocenters. The van der Waals surface area contributed by atoms with Gasteiger partial charge >= 0.3 is 5.91 Å². The van der Waals surface area contributed by atoms with E-state index in [0.29, 0.717) is 0 Å². The van der Waals surface area contributed by atoms with E-state index >= 15 is 0 Å². The Hall–Kier alpha value is -1.49. The fourth-order valence-electron chi connectivity index (χ4n) is 0.797. The summed E-state index contributed by atoms with van der Waals surface area (Å²) in [6.07, 6.45) is 0. The number of benzene rings is 1. The van der Waals surface area contributed by atoms with E-state index in [0.717, 1.165) is 12.1 Å². The van der Waals surface area contributed by atoms with Crippen molar-refractivity contribution >= 4 is 5.91 Å². The molecule has 0 aromatic heterocycles. The summed E-state index contributed by atoms with van der Waals surface area (Å²) in [6, 6.07) is 1.63. The zero-order valence-corrected chi connectivity index (χ0v) is 5.97. The summed E-state index contributed by atoms with van der Waals surface area (Å²) in [6.45, 7) is 0. The molecule has 1 aromatic carbocycles. The third-order valence-electron chi connectivity index (χ3n) is 1.35. The van der Waals surface area contributed by atoms with Gasteiger partial charge in [-0.2, -0.15) is 0 Å². The van der Waals surface area contributed by atoms with E-state index in [1.807, 2.05) is 0 Å². The van der Waals surface area contributed by atoms with E-state index in [2.05, 4.69) is 5.73 Å². The molecule has 12 heavy (non-hydrogen) atoms. The minimum Gasteiger partial charge on any atom is -0.505 e. The van der Waals surface area contributed by atoms with Crippen LogP contribution < -0.4 is 5.73 Å². The Kier molecular flexibility index (Phi) is 2.05. The van der Waals surface area contributed by atoms with Gasteiger partial charge in [0.05, 0.1) is 0 Å². The van der Waals surface area contributed by atoms with Crippen LogP contribution in [0.3, 0.4) is 0 Å². The van der Waals surface area contributed by atoms with E-state index in [1.54, 1.807) is 0 Å². The predicted octanol–water partition coefficient (Wildman–Crippen LogP) is 0.0525. The molecule has 1 aromatic rings. The molecule has 0 unspecified atom stereocenters. The van der Waals surface area contributed by atoms with Crippen LogP contribution in [0.2, 0.25) is 0 Å². The number of carbonyl (C=O) groups is 1. The van der Waals surface area contributed by atoms with Crippen LogP contribution in [0.4, 0.5) is 8.78 Å². The van der Waals surface area contributed by atoms with Crippen LogP contribution >= 0.6 is 0 Å². The van der Waals surface area contributed by atoms with Crippen LogP contribution in [-0.4, -0.2) is 11.0 Å². The van der Waals surface area contributed by atoms with Gasteiger partial charge in [-0.3, -0.25) is 5.73 Å². The van der Waals surface area contributed by atoms with Crippen LogP contribution in [0, 0.1) is 11.6 Å². The lowest BCUT2D eigenvalue weighted by atomic mass is 10.2. The minimum absolute atomic E-state index is 0.761. The zero-order valence-electron chi connectivity index (χ0n) is 5.97. The van der Waals surface area contributed by atoms with Gasteiger partial charge in [0.25, 0.3) is 0 Å². The van der Waals surface area contributed by atoms with Gasteiger partial charge in [0.1, 0.15) is 5.82 Å². The van der Waals surface area contributed by atoms with Crippen molar-refractivity contribution in [2.45, 2.75) is 0 Å². The van der Waals surface area contributed by atoms with Crippen molar-refractivity contribution in [1.29, 1.82) is 0 Å². The number of phenolic OH excluding ortho intramolecular Hbond substituents is 1. The summed E-state index contributed by atoms with van der Waals surface area (Å²) in [5.74, 6) is -4.05. The molecule has 1 amide bonds. The first-order chi connectivity index (χ1) is 5.54. The highest BCUT2D eigenvalue weighted by Crippen LogP contribution is 2.20. The van der Waals surface area contributed by atoms with Crippen LogP contribution in [0.25, 0.3) is 0 Å². The summed E-state index contributed by atoms with van der Waals surface area (Å²) in [7, 11) is 0. The molecular formula is C7H6F2NO2+. The fourth-order valence-corrected chi connectivity index (χ4v) is 0.797. The number of carbonyl (C=O) groups excluding carboxylic acids is 1. The Morgan fingerprint density at radius 1 is 1.42 bits per heavy atom. The maximum atomic E-state index is 12.8. The number of hydrogen-bond donors (Lipinski definition) is 2. The van der Waals surface area contributed by atoms with E-state index in [1.165, 1.54) is 0 Å². The van der Waals surface area contributed by atoms with Crippen LogP contribution in [0.15, 0.2) is 12.1 Å². The van der Waals surface area contributed by atoms with Crippen molar-refractivity contribution in [2.75, 3.05) is 0 Å². The molecule has 64 valence electrons. The number of rotatable bonds is 1. The maximum Gasteiger partial charge on any atom is 0.347 e. The highest BCUT2D eigenvalue weighted by molar-refractivity contribution is 5.87. The quantitative estimate of drug-likeness (QED) is 0.631. The van der Waals surface area contributed by atoms with Crippen molar-refractivity contribution < 1.29 is 24.4 Å². The summed E-state index contributed by atoms with van der Waals surface area (Å²) in [5, 5.41) is 8.75. The lowest BCUT2D eigenvalue weighted by Gasteiger charge is -1.98. The number of halogens is 2. The summed E-state index contributed by atoms with van der Waals surface area (Å²) >= 11 is 0. The predicted molar refractivity (Wildman–Crippen MR) is 35.2 cm³/mol. The second-order valence-electron chi connectivity index (χ2n) is 2.18. The summed E-state index contributed by atoms with van der Waals surface area (Å²) in [5.41, 5.74) is 2.03. The molecule has 0 heterocycles. The van der Waals surface area contributed by atoms with Crippen LogP contribution in [0.5, 0.6) is 5.75 Å². The molecule has 0 aliphatic heterocycles. The Bertz CT molecular complexity index is 338. The number of quaternary nitrogens is 1. The van der Waals surface area contributed by atoms with Crippen LogP contribution in [0.1, 0.15) is 10.4 Å². The largest absolute Gasteiger partial charge is 0.505 e. The van der Waals surface area contributed by atoms with E-state index in [4.69, 9.17) is 5.11 Å². The van der Waals surface area contributed by atoms with Gasteiger partial charge in [-0.1, -0.05) is 0 Å².